The fourth-order valence-electron chi connectivity index (χ4n) is 1.54. The molecule has 0 aromatic heterocycles. The molecule has 4 heteroatoms. The monoisotopic (exact) mass is 221 g/mol. The molecule has 0 bridgehead atoms. The highest BCUT2D eigenvalue weighted by atomic mass is 16.2. The van der Waals surface area contributed by atoms with Crippen molar-refractivity contribution in [1.29, 1.82) is 0 Å². The zero-order valence-electron chi connectivity index (χ0n) is 9.57. The van der Waals surface area contributed by atoms with Gasteiger partial charge in [-0.25, -0.2) is 4.79 Å². The number of carbonyl (C=O) groups excluding carboxylic acids is 1. The van der Waals surface area contributed by atoms with Gasteiger partial charge in [-0.3, -0.25) is 0 Å². The molecule has 2 amide bonds. The van der Waals surface area contributed by atoms with Crippen molar-refractivity contribution in [2.45, 2.75) is 19.4 Å². The highest BCUT2D eigenvalue weighted by molar-refractivity contribution is 5.71. The van der Waals surface area contributed by atoms with Gasteiger partial charge in [-0.15, -0.1) is 0 Å². The van der Waals surface area contributed by atoms with Gasteiger partial charge in [0, 0.05) is 19.1 Å². The Morgan fingerprint density at radius 3 is 2.62 bits per heavy atom. The second-order valence-electron chi connectivity index (χ2n) is 3.84. The number of urea groups is 1. The van der Waals surface area contributed by atoms with Gasteiger partial charge in [0.2, 0.25) is 0 Å². The number of rotatable bonds is 6. The Balaban J connectivity index is 2.16. The van der Waals surface area contributed by atoms with E-state index in [0.29, 0.717) is 12.6 Å². The van der Waals surface area contributed by atoms with Crippen LogP contribution in [-0.4, -0.2) is 25.2 Å². The summed E-state index contributed by atoms with van der Waals surface area (Å²) in [6.07, 6.45) is 0.984. The van der Waals surface area contributed by atoms with Crippen LogP contribution in [0.2, 0.25) is 0 Å². The Bertz CT molecular complexity index is 313. The highest BCUT2D eigenvalue weighted by Gasteiger charge is 2.01. The van der Waals surface area contributed by atoms with Crippen LogP contribution in [0.1, 0.15) is 12.5 Å². The summed E-state index contributed by atoms with van der Waals surface area (Å²) in [6.45, 7) is 3.42. The van der Waals surface area contributed by atoms with Gasteiger partial charge in [-0.2, -0.15) is 0 Å². The lowest BCUT2D eigenvalue weighted by Gasteiger charge is -2.13. The number of hydrogen-bond donors (Lipinski definition) is 3. The third kappa shape index (κ3) is 5.36. The molecule has 88 valence electrons. The van der Waals surface area contributed by atoms with Crippen LogP contribution in [0.25, 0.3) is 0 Å². The first-order valence-electron chi connectivity index (χ1n) is 5.49. The van der Waals surface area contributed by atoms with Crippen LogP contribution in [0.3, 0.4) is 0 Å². The Kier molecular flexibility index (Phi) is 5.36. The second kappa shape index (κ2) is 6.85. The van der Waals surface area contributed by atoms with E-state index in [0.717, 1.165) is 13.0 Å². The minimum absolute atomic E-state index is 0.386. The minimum Gasteiger partial charge on any atom is -0.352 e. The van der Waals surface area contributed by atoms with Gasteiger partial charge in [-0.05, 0) is 18.9 Å². The number of nitrogens with two attached hydrogens (primary N) is 1. The standard InChI is InChI=1S/C12H19N3O/c1-10(14-7-8-15-12(13)16)9-11-5-3-2-4-6-11/h2-6,10,14H,7-9H2,1H3,(H3,13,15,16). The van der Waals surface area contributed by atoms with Crippen LogP contribution in [0, 0.1) is 0 Å². The van der Waals surface area contributed by atoms with E-state index in [2.05, 4.69) is 29.7 Å². The molecule has 0 aliphatic carbocycles. The molecule has 16 heavy (non-hydrogen) atoms. The summed E-state index contributed by atoms with van der Waals surface area (Å²) in [7, 11) is 0. The average Bonchev–Trinajstić information content (AvgIpc) is 2.25. The molecule has 0 aliphatic rings. The number of nitrogens with one attached hydrogen (secondary N) is 2. The molecule has 0 saturated carbocycles. The summed E-state index contributed by atoms with van der Waals surface area (Å²) in [5.74, 6) is 0. The minimum atomic E-state index is -0.475. The van der Waals surface area contributed by atoms with E-state index in [-0.39, 0.29) is 0 Å². The van der Waals surface area contributed by atoms with E-state index < -0.39 is 6.03 Å². The van der Waals surface area contributed by atoms with Gasteiger partial charge in [0.15, 0.2) is 0 Å². The van der Waals surface area contributed by atoms with E-state index in [9.17, 15) is 4.79 Å². The third-order valence-corrected chi connectivity index (χ3v) is 2.30. The Morgan fingerprint density at radius 2 is 2.00 bits per heavy atom. The van der Waals surface area contributed by atoms with Crippen molar-refractivity contribution in [1.82, 2.24) is 10.6 Å². The van der Waals surface area contributed by atoms with Crippen LogP contribution in [0.15, 0.2) is 30.3 Å². The zero-order chi connectivity index (χ0) is 11.8. The van der Waals surface area contributed by atoms with E-state index in [4.69, 9.17) is 5.73 Å². The lowest BCUT2D eigenvalue weighted by atomic mass is 10.1. The fourth-order valence-corrected chi connectivity index (χ4v) is 1.54. The van der Waals surface area contributed by atoms with Gasteiger partial charge in [0.1, 0.15) is 0 Å². The van der Waals surface area contributed by atoms with Crippen LogP contribution in [-0.2, 0) is 6.42 Å². The zero-order valence-corrected chi connectivity index (χ0v) is 9.57. The maximum absolute atomic E-state index is 10.4. The normalized spacial score (nSPS) is 12.1. The largest absolute Gasteiger partial charge is 0.352 e. The van der Waals surface area contributed by atoms with E-state index in [1.807, 2.05) is 18.2 Å². The predicted molar refractivity (Wildman–Crippen MR) is 65.2 cm³/mol. The summed E-state index contributed by atoms with van der Waals surface area (Å²) >= 11 is 0. The second-order valence-corrected chi connectivity index (χ2v) is 3.84. The van der Waals surface area contributed by atoms with Gasteiger partial charge >= 0.3 is 6.03 Å². The van der Waals surface area contributed by atoms with Gasteiger partial charge in [-0.1, -0.05) is 30.3 Å². The summed E-state index contributed by atoms with van der Waals surface area (Å²) in [5, 5.41) is 5.86. The fraction of sp³-hybridized carbons (Fsp3) is 0.417. The quantitative estimate of drug-likeness (QED) is 0.624. The first kappa shape index (κ1) is 12.5. The van der Waals surface area contributed by atoms with Crippen LogP contribution >= 0.6 is 0 Å². The number of carbonyl (C=O) groups is 1. The van der Waals surface area contributed by atoms with E-state index in [1.165, 1.54) is 5.56 Å². The van der Waals surface area contributed by atoms with Crippen molar-refractivity contribution in [3.05, 3.63) is 35.9 Å². The maximum atomic E-state index is 10.4. The molecule has 1 unspecified atom stereocenters. The van der Waals surface area contributed by atoms with Crippen molar-refractivity contribution in [2.75, 3.05) is 13.1 Å². The molecule has 0 fully saturated rings. The summed E-state index contributed by atoms with van der Waals surface area (Å²) in [5.41, 5.74) is 6.27. The smallest absolute Gasteiger partial charge is 0.312 e. The van der Waals surface area contributed by atoms with Crippen molar-refractivity contribution in [3.63, 3.8) is 0 Å². The van der Waals surface area contributed by atoms with Crippen molar-refractivity contribution in [3.8, 4) is 0 Å². The lowest BCUT2D eigenvalue weighted by molar-refractivity contribution is 0.249. The summed E-state index contributed by atoms with van der Waals surface area (Å²) in [6, 6.07) is 10.2. The van der Waals surface area contributed by atoms with Crippen LogP contribution < -0.4 is 16.4 Å². The molecule has 4 nitrogen and oxygen atoms in total. The molecular formula is C12H19N3O. The first-order chi connectivity index (χ1) is 7.68. The molecule has 4 N–H and O–H groups in total. The molecule has 0 spiro atoms. The average molecular weight is 221 g/mol. The van der Waals surface area contributed by atoms with E-state index in [1.54, 1.807) is 0 Å². The van der Waals surface area contributed by atoms with Crippen molar-refractivity contribution in [2.24, 2.45) is 5.73 Å². The third-order valence-electron chi connectivity index (χ3n) is 2.30. The highest BCUT2D eigenvalue weighted by Crippen LogP contribution is 2.02. The molecule has 0 radical (unpaired) electrons. The Labute approximate surface area is 96.2 Å². The van der Waals surface area contributed by atoms with Crippen LogP contribution in [0.4, 0.5) is 4.79 Å². The molecule has 1 atom stereocenters. The first-order valence-corrected chi connectivity index (χ1v) is 5.49. The Morgan fingerprint density at radius 1 is 1.31 bits per heavy atom. The van der Waals surface area contributed by atoms with Crippen LogP contribution in [0.5, 0.6) is 0 Å². The molecule has 0 saturated heterocycles. The number of benzene rings is 1. The summed E-state index contributed by atoms with van der Waals surface area (Å²) in [4.78, 5) is 10.4. The van der Waals surface area contributed by atoms with Gasteiger partial charge < -0.3 is 16.4 Å². The topological polar surface area (TPSA) is 67.2 Å². The summed E-state index contributed by atoms with van der Waals surface area (Å²) < 4.78 is 0. The molecule has 1 aromatic carbocycles. The van der Waals surface area contributed by atoms with E-state index >= 15 is 0 Å². The van der Waals surface area contributed by atoms with Gasteiger partial charge in [0.05, 0.1) is 0 Å². The lowest BCUT2D eigenvalue weighted by Crippen LogP contribution is -2.38. The van der Waals surface area contributed by atoms with Crippen molar-refractivity contribution < 1.29 is 4.79 Å². The molecule has 1 rings (SSSR count). The Hall–Kier alpha value is -1.55. The van der Waals surface area contributed by atoms with Gasteiger partial charge in [0.25, 0.3) is 0 Å². The molecular weight excluding hydrogens is 202 g/mol. The van der Waals surface area contributed by atoms with Crippen molar-refractivity contribution >= 4 is 6.03 Å². The number of primary amides is 1. The SMILES string of the molecule is CC(Cc1ccccc1)NCCNC(N)=O. The maximum Gasteiger partial charge on any atom is 0.312 e. The number of hydrogen-bond acceptors (Lipinski definition) is 2. The molecule has 1 aromatic rings. The predicted octanol–water partition coefficient (Wildman–Crippen LogP) is 0.876. The molecule has 0 aliphatic heterocycles. The number of amides is 2. The molecule has 0 heterocycles.